The lowest BCUT2D eigenvalue weighted by molar-refractivity contribution is -0.126. The van der Waals surface area contributed by atoms with E-state index < -0.39 is 6.04 Å². The molecule has 0 aliphatic rings. The quantitative estimate of drug-likeness (QED) is 0.624. The third-order valence-electron chi connectivity index (χ3n) is 2.95. The van der Waals surface area contributed by atoms with Crippen molar-refractivity contribution >= 4 is 29.1 Å². The second-order valence-electron chi connectivity index (χ2n) is 5.23. The Hall–Kier alpha value is -1.49. The smallest absolute Gasteiger partial charge is 0.230 e. The normalized spacial score (nSPS) is 12.2. The van der Waals surface area contributed by atoms with Gasteiger partial charge in [0.05, 0.1) is 11.8 Å². The lowest BCUT2D eigenvalue weighted by Gasteiger charge is -2.19. The largest absolute Gasteiger partial charge is 0.398 e. The molecule has 1 aromatic rings. The molecule has 1 atom stereocenters. The van der Waals surface area contributed by atoms with Gasteiger partial charge >= 0.3 is 0 Å². The summed E-state index contributed by atoms with van der Waals surface area (Å²) < 4.78 is 0. The third-order valence-corrected chi connectivity index (χ3v) is 4.02. The van der Waals surface area contributed by atoms with E-state index in [1.54, 1.807) is 0 Å². The Morgan fingerprint density at radius 2 is 2.00 bits per heavy atom. The molecule has 1 unspecified atom stereocenters. The number of nitrogen functional groups attached to an aromatic ring is 1. The van der Waals surface area contributed by atoms with Crippen LogP contribution in [0.4, 0.5) is 5.69 Å². The minimum absolute atomic E-state index is 0.0200. The van der Waals surface area contributed by atoms with Crippen LogP contribution >= 0.6 is 11.8 Å². The molecule has 0 aromatic heterocycles. The zero-order valence-corrected chi connectivity index (χ0v) is 13.2. The molecule has 1 rings (SSSR count). The number of carbonyl (C=O) groups excluding carboxylic acids is 2. The van der Waals surface area contributed by atoms with Gasteiger partial charge in [0.2, 0.25) is 5.91 Å². The lowest BCUT2D eigenvalue weighted by atomic mass is 10.0. The molecule has 0 heterocycles. The predicted octanol–water partition coefficient (Wildman–Crippen LogP) is 2.40. The summed E-state index contributed by atoms with van der Waals surface area (Å²) in [6.45, 7) is 7.31. The van der Waals surface area contributed by atoms with Crippen molar-refractivity contribution in [1.82, 2.24) is 5.32 Å². The van der Waals surface area contributed by atoms with E-state index in [0.717, 1.165) is 10.5 Å². The van der Waals surface area contributed by atoms with E-state index in [-0.39, 0.29) is 23.4 Å². The van der Waals surface area contributed by atoms with Crippen LogP contribution in [0.2, 0.25) is 0 Å². The maximum absolute atomic E-state index is 11.9. The highest BCUT2D eigenvalue weighted by atomic mass is 32.2. The monoisotopic (exact) mass is 294 g/mol. The summed E-state index contributed by atoms with van der Waals surface area (Å²) in [5.41, 5.74) is 7.64. The van der Waals surface area contributed by atoms with Gasteiger partial charge in [0.25, 0.3) is 0 Å². The first-order valence-electron chi connectivity index (χ1n) is 6.60. The topological polar surface area (TPSA) is 72.2 Å². The molecule has 0 aliphatic carbocycles. The molecule has 4 nitrogen and oxygen atoms in total. The van der Waals surface area contributed by atoms with Crippen molar-refractivity contribution in [1.29, 1.82) is 0 Å². The Labute approximate surface area is 124 Å². The van der Waals surface area contributed by atoms with Gasteiger partial charge in [-0.25, -0.2) is 0 Å². The van der Waals surface area contributed by atoms with Gasteiger partial charge in [0, 0.05) is 10.6 Å². The maximum atomic E-state index is 11.9. The summed E-state index contributed by atoms with van der Waals surface area (Å²) in [5.74, 6) is 0.174. The van der Waals surface area contributed by atoms with Crippen LogP contribution in [0.25, 0.3) is 0 Å². The van der Waals surface area contributed by atoms with E-state index in [2.05, 4.69) is 5.32 Å². The Balaban J connectivity index is 2.59. The first-order valence-corrected chi connectivity index (χ1v) is 7.58. The summed E-state index contributed by atoms with van der Waals surface area (Å²) in [7, 11) is 0. The second-order valence-corrected chi connectivity index (χ2v) is 6.25. The number of thioether (sulfide) groups is 1. The SMILES string of the molecule is CC(=O)C(NC(=O)CSc1cc(C)ccc1N)C(C)C. The summed E-state index contributed by atoms with van der Waals surface area (Å²) in [5, 5.41) is 2.77. The molecule has 1 aromatic carbocycles. The van der Waals surface area contributed by atoms with Crippen molar-refractivity contribution in [3.63, 3.8) is 0 Å². The van der Waals surface area contributed by atoms with Gasteiger partial charge in [-0.1, -0.05) is 19.9 Å². The van der Waals surface area contributed by atoms with Crippen LogP contribution in [0.5, 0.6) is 0 Å². The molecule has 0 spiro atoms. The fourth-order valence-corrected chi connectivity index (χ4v) is 2.74. The Bertz CT molecular complexity index is 501. The van der Waals surface area contributed by atoms with E-state index in [1.807, 2.05) is 39.0 Å². The first-order chi connectivity index (χ1) is 9.31. The summed E-state index contributed by atoms with van der Waals surface area (Å²) in [6, 6.07) is 5.31. The van der Waals surface area contributed by atoms with Crippen LogP contribution in [0.3, 0.4) is 0 Å². The number of nitrogens with one attached hydrogen (secondary N) is 1. The fraction of sp³-hybridized carbons (Fsp3) is 0.467. The number of ketones is 1. The predicted molar refractivity (Wildman–Crippen MR) is 83.8 cm³/mol. The minimum atomic E-state index is -0.419. The van der Waals surface area contributed by atoms with Gasteiger partial charge in [-0.2, -0.15) is 0 Å². The van der Waals surface area contributed by atoms with E-state index >= 15 is 0 Å². The Morgan fingerprint density at radius 3 is 2.55 bits per heavy atom. The molecule has 1 amide bonds. The summed E-state index contributed by atoms with van der Waals surface area (Å²) in [6.07, 6.45) is 0. The number of anilines is 1. The highest BCUT2D eigenvalue weighted by Crippen LogP contribution is 2.25. The number of benzene rings is 1. The highest BCUT2D eigenvalue weighted by molar-refractivity contribution is 8.00. The van der Waals surface area contributed by atoms with Gasteiger partial charge in [-0.15, -0.1) is 11.8 Å². The van der Waals surface area contributed by atoms with Crippen LogP contribution in [0, 0.1) is 12.8 Å². The molecular weight excluding hydrogens is 272 g/mol. The van der Waals surface area contributed by atoms with E-state index in [4.69, 9.17) is 5.73 Å². The minimum Gasteiger partial charge on any atom is -0.398 e. The van der Waals surface area contributed by atoms with Gasteiger partial charge in [-0.3, -0.25) is 9.59 Å². The molecule has 0 bridgehead atoms. The molecule has 5 heteroatoms. The van der Waals surface area contributed by atoms with Gasteiger partial charge in [0.1, 0.15) is 0 Å². The van der Waals surface area contributed by atoms with Crippen molar-refractivity contribution in [2.24, 2.45) is 5.92 Å². The van der Waals surface area contributed by atoms with E-state index in [9.17, 15) is 9.59 Å². The number of hydrogen-bond donors (Lipinski definition) is 2. The fourth-order valence-electron chi connectivity index (χ4n) is 1.86. The summed E-state index contributed by atoms with van der Waals surface area (Å²) >= 11 is 1.39. The Kier molecular flexibility index (Phi) is 6.07. The van der Waals surface area contributed by atoms with E-state index in [1.165, 1.54) is 18.7 Å². The number of aryl methyl sites for hydroxylation is 1. The average Bonchev–Trinajstić information content (AvgIpc) is 2.36. The van der Waals surface area contributed by atoms with Crippen LogP contribution in [-0.2, 0) is 9.59 Å². The highest BCUT2D eigenvalue weighted by Gasteiger charge is 2.20. The molecule has 0 saturated carbocycles. The number of Topliss-reactive ketones (excluding diaryl/α,β-unsaturated/α-hetero) is 1. The van der Waals surface area contributed by atoms with Crippen molar-refractivity contribution in [2.75, 3.05) is 11.5 Å². The first kappa shape index (κ1) is 16.6. The molecule has 20 heavy (non-hydrogen) atoms. The van der Waals surface area contributed by atoms with E-state index in [0.29, 0.717) is 5.69 Å². The average molecular weight is 294 g/mol. The van der Waals surface area contributed by atoms with Crippen LogP contribution < -0.4 is 11.1 Å². The third kappa shape index (κ3) is 4.89. The maximum Gasteiger partial charge on any atom is 0.230 e. The number of rotatable bonds is 6. The lowest BCUT2D eigenvalue weighted by Crippen LogP contribution is -2.44. The molecular formula is C15H22N2O2S. The summed E-state index contributed by atoms with van der Waals surface area (Å²) in [4.78, 5) is 24.3. The number of hydrogen-bond acceptors (Lipinski definition) is 4. The van der Waals surface area contributed by atoms with Crippen molar-refractivity contribution in [2.45, 2.75) is 38.6 Å². The second kappa shape index (κ2) is 7.33. The number of amides is 1. The van der Waals surface area contributed by atoms with Crippen molar-refractivity contribution in [3.05, 3.63) is 23.8 Å². The van der Waals surface area contributed by atoms with Gasteiger partial charge in [0.15, 0.2) is 5.78 Å². The van der Waals surface area contributed by atoms with Crippen LogP contribution in [0.1, 0.15) is 26.3 Å². The van der Waals surface area contributed by atoms with Crippen molar-refractivity contribution < 1.29 is 9.59 Å². The number of carbonyl (C=O) groups is 2. The zero-order chi connectivity index (χ0) is 15.3. The zero-order valence-electron chi connectivity index (χ0n) is 12.4. The van der Waals surface area contributed by atoms with Gasteiger partial charge < -0.3 is 11.1 Å². The number of nitrogens with two attached hydrogens (primary N) is 1. The molecule has 0 saturated heterocycles. The standard InChI is InChI=1S/C15H22N2O2S/c1-9(2)15(11(4)18)17-14(19)8-20-13-7-10(3)5-6-12(13)16/h5-7,9,15H,8,16H2,1-4H3,(H,17,19). The van der Waals surface area contributed by atoms with Gasteiger partial charge in [-0.05, 0) is 37.5 Å². The molecule has 0 aliphatic heterocycles. The van der Waals surface area contributed by atoms with Crippen LogP contribution in [0.15, 0.2) is 23.1 Å². The van der Waals surface area contributed by atoms with Crippen molar-refractivity contribution in [3.8, 4) is 0 Å². The van der Waals surface area contributed by atoms with Crippen LogP contribution in [-0.4, -0.2) is 23.5 Å². The molecule has 3 N–H and O–H groups in total. The molecule has 0 radical (unpaired) electrons. The Morgan fingerprint density at radius 1 is 1.35 bits per heavy atom. The molecule has 0 fully saturated rings. The molecule has 110 valence electrons.